The van der Waals surface area contributed by atoms with E-state index >= 15 is 0 Å². The van der Waals surface area contributed by atoms with Crippen molar-refractivity contribution in [1.82, 2.24) is 0 Å². The molecule has 0 amide bonds. The molecule has 0 aromatic carbocycles. The van der Waals surface area contributed by atoms with E-state index in [1.54, 1.807) is 0 Å². The van der Waals surface area contributed by atoms with Gasteiger partial charge in [0.2, 0.25) is 0 Å². The normalized spacial score (nSPS) is 12.3. The third kappa shape index (κ3) is 25.3. The SMILES string of the molecule is CCCCCCCCC/C=C\CCCCCCCC(=O)OC(CCCC)CCCCCC(=O)O. The Kier molecular flexibility index (Phi) is 25.3. The summed E-state index contributed by atoms with van der Waals surface area (Å²) in [5.74, 6) is -0.788. The van der Waals surface area contributed by atoms with Crippen molar-refractivity contribution in [3.8, 4) is 0 Å². The summed E-state index contributed by atoms with van der Waals surface area (Å²) in [5.41, 5.74) is 0. The largest absolute Gasteiger partial charge is 0.481 e. The molecule has 1 atom stereocenters. The number of hydrogen-bond donors (Lipinski definition) is 1. The first-order chi connectivity index (χ1) is 16.6. The number of allylic oxidation sites excluding steroid dienone is 2. The van der Waals surface area contributed by atoms with Gasteiger partial charge in [-0.15, -0.1) is 0 Å². The topological polar surface area (TPSA) is 63.6 Å². The van der Waals surface area contributed by atoms with E-state index in [1.165, 1.54) is 77.0 Å². The Morgan fingerprint density at radius 1 is 0.618 bits per heavy atom. The van der Waals surface area contributed by atoms with Crippen molar-refractivity contribution in [2.45, 2.75) is 168 Å². The van der Waals surface area contributed by atoms with Crippen molar-refractivity contribution in [2.24, 2.45) is 0 Å². The summed E-state index contributed by atoms with van der Waals surface area (Å²) < 4.78 is 5.74. The monoisotopic (exact) mass is 480 g/mol. The molecule has 1 unspecified atom stereocenters. The Bertz CT molecular complexity index is 486. The summed E-state index contributed by atoms with van der Waals surface area (Å²) in [6.07, 6.45) is 29.7. The lowest BCUT2D eigenvalue weighted by Gasteiger charge is -2.17. The molecule has 0 aromatic heterocycles. The zero-order valence-electron chi connectivity index (χ0n) is 22.7. The van der Waals surface area contributed by atoms with Crippen LogP contribution in [0.3, 0.4) is 0 Å². The number of esters is 1. The Morgan fingerprint density at radius 2 is 1.09 bits per heavy atom. The van der Waals surface area contributed by atoms with Crippen molar-refractivity contribution < 1.29 is 19.4 Å². The van der Waals surface area contributed by atoms with Crippen molar-refractivity contribution in [3.05, 3.63) is 12.2 Å². The lowest BCUT2D eigenvalue weighted by atomic mass is 10.0. The fourth-order valence-corrected chi connectivity index (χ4v) is 4.28. The van der Waals surface area contributed by atoms with Gasteiger partial charge in [-0.25, -0.2) is 0 Å². The first-order valence-corrected chi connectivity index (χ1v) is 14.7. The zero-order chi connectivity index (χ0) is 25.1. The maximum Gasteiger partial charge on any atom is 0.306 e. The highest BCUT2D eigenvalue weighted by atomic mass is 16.5. The lowest BCUT2D eigenvalue weighted by Crippen LogP contribution is -2.18. The zero-order valence-corrected chi connectivity index (χ0v) is 22.7. The molecule has 200 valence electrons. The second kappa shape index (κ2) is 26.3. The highest BCUT2D eigenvalue weighted by Crippen LogP contribution is 2.16. The highest BCUT2D eigenvalue weighted by molar-refractivity contribution is 5.69. The molecule has 0 spiro atoms. The Labute approximate surface area is 211 Å². The number of unbranched alkanes of at least 4 members (excludes halogenated alkanes) is 15. The van der Waals surface area contributed by atoms with E-state index in [0.717, 1.165) is 51.4 Å². The minimum absolute atomic E-state index is 0.00474. The number of ether oxygens (including phenoxy) is 1. The van der Waals surface area contributed by atoms with Crippen LogP contribution in [0.25, 0.3) is 0 Å². The third-order valence-corrected chi connectivity index (χ3v) is 6.49. The number of carboxylic acids is 1. The van der Waals surface area contributed by atoms with Crippen LogP contribution in [0.4, 0.5) is 0 Å². The summed E-state index contributed by atoms with van der Waals surface area (Å²) >= 11 is 0. The lowest BCUT2D eigenvalue weighted by molar-refractivity contribution is -0.150. The molecule has 0 aromatic rings. The fraction of sp³-hybridized carbons (Fsp3) is 0.867. The minimum Gasteiger partial charge on any atom is -0.481 e. The van der Waals surface area contributed by atoms with E-state index in [-0.39, 0.29) is 18.5 Å². The molecule has 0 saturated heterocycles. The molecule has 4 nitrogen and oxygen atoms in total. The number of hydrogen-bond acceptors (Lipinski definition) is 3. The molecule has 0 rings (SSSR count). The molecule has 0 aliphatic rings. The maximum absolute atomic E-state index is 12.2. The fourth-order valence-electron chi connectivity index (χ4n) is 4.28. The van der Waals surface area contributed by atoms with Gasteiger partial charge in [0.25, 0.3) is 0 Å². The highest BCUT2D eigenvalue weighted by Gasteiger charge is 2.14. The van der Waals surface area contributed by atoms with Crippen molar-refractivity contribution in [1.29, 1.82) is 0 Å². The molecule has 0 saturated carbocycles. The first kappa shape index (κ1) is 32.7. The summed E-state index contributed by atoms with van der Waals surface area (Å²) in [5, 5.41) is 8.72. The van der Waals surface area contributed by atoms with Crippen molar-refractivity contribution in [2.75, 3.05) is 0 Å². The van der Waals surface area contributed by atoms with Gasteiger partial charge in [0.05, 0.1) is 0 Å². The molecule has 0 fully saturated rings. The molecular formula is C30H56O4. The van der Waals surface area contributed by atoms with Gasteiger partial charge in [-0.1, -0.05) is 103 Å². The third-order valence-electron chi connectivity index (χ3n) is 6.49. The Morgan fingerprint density at radius 3 is 1.68 bits per heavy atom. The van der Waals surface area contributed by atoms with E-state index in [0.29, 0.717) is 12.8 Å². The average Bonchev–Trinajstić information content (AvgIpc) is 2.81. The average molecular weight is 481 g/mol. The molecular weight excluding hydrogens is 424 g/mol. The number of aliphatic carboxylic acids is 1. The van der Waals surface area contributed by atoms with Crippen LogP contribution < -0.4 is 0 Å². The van der Waals surface area contributed by atoms with Gasteiger partial charge in [-0.05, 0) is 57.8 Å². The molecule has 0 aliphatic carbocycles. The molecule has 0 radical (unpaired) electrons. The number of carboxylic acid groups (broad SMARTS) is 1. The van der Waals surface area contributed by atoms with Crippen molar-refractivity contribution in [3.63, 3.8) is 0 Å². The molecule has 34 heavy (non-hydrogen) atoms. The number of rotatable bonds is 26. The van der Waals surface area contributed by atoms with Crippen LogP contribution >= 0.6 is 0 Å². The number of carbonyl (C=O) groups is 2. The molecule has 0 heterocycles. The van der Waals surface area contributed by atoms with E-state index in [1.807, 2.05) is 0 Å². The van der Waals surface area contributed by atoms with E-state index in [4.69, 9.17) is 9.84 Å². The summed E-state index contributed by atoms with van der Waals surface area (Å²) in [6.45, 7) is 4.42. The van der Waals surface area contributed by atoms with Crippen molar-refractivity contribution >= 4 is 11.9 Å². The van der Waals surface area contributed by atoms with Gasteiger partial charge in [-0.3, -0.25) is 9.59 Å². The summed E-state index contributed by atoms with van der Waals surface area (Å²) in [4.78, 5) is 22.8. The van der Waals surface area contributed by atoms with Gasteiger partial charge in [0.15, 0.2) is 0 Å². The summed E-state index contributed by atoms with van der Waals surface area (Å²) in [6, 6.07) is 0. The second-order valence-electron chi connectivity index (χ2n) is 9.94. The van der Waals surface area contributed by atoms with Crippen LogP contribution in [0.2, 0.25) is 0 Å². The second-order valence-corrected chi connectivity index (χ2v) is 9.94. The standard InChI is InChI=1S/C30H56O4/c1-3-5-7-8-9-10-11-12-13-14-15-16-17-18-19-23-27-30(33)34-28(24-6-4-2)25-21-20-22-26-29(31)32/h13-14,28H,3-12,15-27H2,1-2H3,(H,31,32)/b14-13-. The van der Waals surface area contributed by atoms with E-state index in [9.17, 15) is 9.59 Å². The first-order valence-electron chi connectivity index (χ1n) is 14.7. The Hall–Kier alpha value is -1.32. The van der Waals surface area contributed by atoms with Crippen LogP contribution in [0.15, 0.2) is 12.2 Å². The van der Waals surface area contributed by atoms with Gasteiger partial charge in [0.1, 0.15) is 6.10 Å². The predicted octanol–water partition coefficient (Wildman–Crippen LogP) is 9.55. The van der Waals surface area contributed by atoms with Crippen LogP contribution in [-0.2, 0) is 14.3 Å². The molecule has 4 heteroatoms. The van der Waals surface area contributed by atoms with Gasteiger partial charge >= 0.3 is 11.9 Å². The quantitative estimate of drug-likeness (QED) is 0.0760. The number of carbonyl (C=O) groups excluding carboxylic acids is 1. The van der Waals surface area contributed by atoms with E-state index < -0.39 is 5.97 Å². The van der Waals surface area contributed by atoms with Crippen LogP contribution in [-0.4, -0.2) is 23.1 Å². The molecule has 0 bridgehead atoms. The van der Waals surface area contributed by atoms with Gasteiger partial charge in [0, 0.05) is 12.8 Å². The van der Waals surface area contributed by atoms with E-state index in [2.05, 4.69) is 26.0 Å². The summed E-state index contributed by atoms with van der Waals surface area (Å²) in [7, 11) is 0. The van der Waals surface area contributed by atoms with Crippen LogP contribution in [0.1, 0.15) is 162 Å². The molecule has 1 N–H and O–H groups in total. The minimum atomic E-state index is -0.732. The van der Waals surface area contributed by atoms with Crippen LogP contribution in [0, 0.1) is 0 Å². The Balaban J connectivity index is 3.63. The smallest absolute Gasteiger partial charge is 0.306 e. The predicted molar refractivity (Wildman–Crippen MR) is 144 cm³/mol. The maximum atomic E-state index is 12.2. The van der Waals surface area contributed by atoms with Gasteiger partial charge in [-0.2, -0.15) is 0 Å². The van der Waals surface area contributed by atoms with Crippen LogP contribution in [0.5, 0.6) is 0 Å². The van der Waals surface area contributed by atoms with Gasteiger partial charge < -0.3 is 9.84 Å². The molecule has 0 aliphatic heterocycles.